The number of halogens is 1. The molecule has 3 heteroatoms. The molecule has 2 aromatic carbocycles. The third-order valence-corrected chi connectivity index (χ3v) is 4.43. The summed E-state index contributed by atoms with van der Waals surface area (Å²) in [7, 11) is 0. The highest BCUT2D eigenvalue weighted by atomic mass is 79.9. The van der Waals surface area contributed by atoms with E-state index in [0.29, 0.717) is 5.75 Å². The lowest BCUT2D eigenvalue weighted by Crippen LogP contribution is -1.80. The number of benzene rings is 2. The van der Waals surface area contributed by atoms with Crippen LogP contribution in [0.3, 0.4) is 0 Å². The Kier molecular flexibility index (Phi) is 2.88. The molecule has 0 aliphatic heterocycles. The van der Waals surface area contributed by atoms with Crippen molar-refractivity contribution in [2.75, 3.05) is 0 Å². The van der Waals surface area contributed by atoms with Gasteiger partial charge >= 0.3 is 0 Å². The minimum Gasteiger partial charge on any atom is -0.507 e. The molecule has 0 saturated heterocycles. The van der Waals surface area contributed by atoms with Crippen molar-refractivity contribution < 1.29 is 5.11 Å². The fourth-order valence-electron chi connectivity index (χ4n) is 2.08. The number of aromatic hydroxyl groups is 1. The summed E-state index contributed by atoms with van der Waals surface area (Å²) in [6.45, 7) is 2.04. The van der Waals surface area contributed by atoms with Gasteiger partial charge < -0.3 is 5.11 Å². The number of hydrogen-bond donors (Lipinski definition) is 1. The molecule has 0 unspecified atom stereocenters. The predicted octanol–water partition coefficient (Wildman–Crippen LogP) is 5.34. The van der Waals surface area contributed by atoms with Crippen LogP contribution in [0.4, 0.5) is 0 Å². The smallest absolute Gasteiger partial charge is 0.123 e. The lowest BCUT2D eigenvalue weighted by molar-refractivity contribution is 0.477. The fourth-order valence-corrected chi connectivity index (χ4v) is 3.38. The summed E-state index contributed by atoms with van der Waals surface area (Å²) >= 11 is 5.20. The Morgan fingerprint density at radius 2 is 1.89 bits per heavy atom. The van der Waals surface area contributed by atoms with E-state index < -0.39 is 0 Å². The number of aryl methyl sites for hydroxylation is 1. The van der Waals surface area contributed by atoms with Gasteiger partial charge in [0.05, 0.1) is 0 Å². The zero-order chi connectivity index (χ0) is 12.7. The molecule has 0 amide bonds. The molecule has 1 nitrogen and oxygen atoms in total. The lowest BCUT2D eigenvalue weighted by Gasteiger charge is -2.05. The summed E-state index contributed by atoms with van der Waals surface area (Å²) in [6, 6.07) is 11.9. The van der Waals surface area contributed by atoms with Gasteiger partial charge in [-0.05, 0) is 42.6 Å². The van der Waals surface area contributed by atoms with Crippen molar-refractivity contribution in [3.8, 4) is 16.9 Å². The minimum absolute atomic E-state index is 0.334. The standard InChI is InChI=1S/C15H11BrOS/c1-9-2-4-14(17)11(6-9)13-8-18-15-5-3-10(16)7-12(13)15/h2-8,17H,1H3. The van der Waals surface area contributed by atoms with Gasteiger partial charge in [-0.1, -0.05) is 27.6 Å². The van der Waals surface area contributed by atoms with Gasteiger partial charge in [-0.15, -0.1) is 11.3 Å². The van der Waals surface area contributed by atoms with E-state index in [4.69, 9.17) is 0 Å². The van der Waals surface area contributed by atoms with Crippen molar-refractivity contribution in [1.82, 2.24) is 0 Å². The van der Waals surface area contributed by atoms with Crippen molar-refractivity contribution in [2.24, 2.45) is 0 Å². The molecule has 0 fully saturated rings. The minimum atomic E-state index is 0.334. The molecule has 0 spiro atoms. The Bertz CT molecular complexity index is 730. The maximum atomic E-state index is 10.0. The number of phenolic OH excluding ortho intramolecular Hbond substituents is 1. The second kappa shape index (κ2) is 4.41. The van der Waals surface area contributed by atoms with Crippen LogP contribution in [0, 0.1) is 6.92 Å². The number of phenols is 1. The molecule has 3 rings (SSSR count). The molecule has 18 heavy (non-hydrogen) atoms. The second-order valence-electron chi connectivity index (χ2n) is 4.31. The molecule has 0 atom stereocenters. The topological polar surface area (TPSA) is 20.2 Å². The van der Waals surface area contributed by atoms with Crippen LogP contribution in [0.5, 0.6) is 5.75 Å². The zero-order valence-electron chi connectivity index (χ0n) is 9.77. The molecular weight excluding hydrogens is 308 g/mol. The molecule has 1 aromatic heterocycles. The van der Waals surface area contributed by atoms with Crippen molar-refractivity contribution in [1.29, 1.82) is 0 Å². The maximum absolute atomic E-state index is 10.0. The monoisotopic (exact) mass is 318 g/mol. The van der Waals surface area contributed by atoms with E-state index in [1.54, 1.807) is 17.4 Å². The SMILES string of the molecule is Cc1ccc(O)c(-c2csc3ccc(Br)cc23)c1. The van der Waals surface area contributed by atoms with E-state index >= 15 is 0 Å². The van der Waals surface area contributed by atoms with Gasteiger partial charge in [0, 0.05) is 25.7 Å². The van der Waals surface area contributed by atoms with Crippen LogP contribution in [0.25, 0.3) is 21.2 Å². The molecule has 3 aromatic rings. The van der Waals surface area contributed by atoms with Gasteiger partial charge in [0.25, 0.3) is 0 Å². The molecular formula is C15H11BrOS. The normalized spacial score (nSPS) is 11.0. The quantitative estimate of drug-likeness (QED) is 0.641. The Hall–Kier alpha value is -1.32. The summed E-state index contributed by atoms with van der Waals surface area (Å²) < 4.78 is 2.29. The lowest BCUT2D eigenvalue weighted by atomic mass is 10.0. The van der Waals surface area contributed by atoms with E-state index in [1.807, 2.05) is 25.1 Å². The van der Waals surface area contributed by atoms with Crippen LogP contribution in [-0.2, 0) is 0 Å². The molecule has 0 radical (unpaired) electrons. The van der Waals surface area contributed by atoms with Crippen LogP contribution in [0.15, 0.2) is 46.3 Å². The first-order chi connectivity index (χ1) is 8.65. The fraction of sp³-hybridized carbons (Fsp3) is 0.0667. The van der Waals surface area contributed by atoms with Crippen LogP contribution < -0.4 is 0 Å². The molecule has 90 valence electrons. The van der Waals surface area contributed by atoms with Crippen LogP contribution in [0.2, 0.25) is 0 Å². The highest BCUT2D eigenvalue weighted by molar-refractivity contribution is 9.10. The molecule has 0 bridgehead atoms. The summed E-state index contributed by atoms with van der Waals surface area (Å²) in [4.78, 5) is 0. The highest BCUT2D eigenvalue weighted by Crippen LogP contribution is 2.39. The Morgan fingerprint density at radius 3 is 2.72 bits per heavy atom. The van der Waals surface area contributed by atoms with Crippen LogP contribution >= 0.6 is 27.3 Å². The first-order valence-electron chi connectivity index (χ1n) is 5.62. The van der Waals surface area contributed by atoms with E-state index in [9.17, 15) is 5.11 Å². The van der Waals surface area contributed by atoms with Gasteiger partial charge in [0.2, 0.25) is 0 Å². The van der Waals surface area contributed by atoms with Gasteiger partial charge in [-0.25, -0.2) is 0 Å². The molecule has 0 saturated carbocycles. The summed E-state index contributed by atoms with van der Waals surface area (Å²) in [5.74, 6) is 0.334. The largest absolute Gasteiger partial charge is 0.507 e. The Labute approximate surface area is 118 Å². The van der Waals surface area contributed by atoms with Gasteiger partial charge in [-0.3, -0.25) is 0 Å². The van der Waals surface area contributed by atoms with Crippen molar-refractivity contribution >= 4 is 37.4 Å². The van der Waals surface area contributed by atoms with Crippen LogP contribution in [-0.4, -0.2) is 5.11 Å². The van der Waals surface area contributed by atoms with Gasteiger partial charge in [0.15, 0.2) is 0 Å². The van der Waals surface area contributed by atoms with E-state index in [-0.39, 0.29) is 0 Å². The zero-order valence-corrected chi connectivity index (χ0v) is 12.2. The second-order valence-corrected chi connectivity index (χ2v) is 6.14. The number of rotatable bonds is 1. The number of fused-ring (bicyclic) bond motifs is 1. The maximum Gasteiger partial charge on any atom is 0.123 e. The van der Waals surface area contributed by atoms with E-state index in [1.165, 1.54) is 10.1 Å². The molecule has 1 N–H and O–H groups in total. The van der Waals surface area contributed by atoms with Crippen LogP contribution in [0.1, 0.15) is 5.56 Å². The predicted molar refractivity (Wildman–Crippen MR) is 81.4 cm³/mol. The first kappa shape index (κ1) is 11.8. The Morgan fingerprint density at radius 1 is 1.06 bits per heavy atom. The third-order valence-electron chi connectivity index (χ3n) is 2.98. The van der Waals surface area contributed by atoms with Crippen molar-refractivity contribution in [3.63, 3.8) is 0 Å². The average Bonchev–Trinajstić information content (AvgIpc) is 2.75. The first-order valence-corrected chi connectivity index (χ1v) is 7.29. The Balaban J connectivity index is 2.31. The van der Waals surface area contributed by atoms with E-state index in [2.05, 4.69) is 33.4 Å². The number of hydrogen-bond acceptors (Lipinski definition) is 2. The molecule has 0 aliphatic carbocycles. The van der Waals surface area contributed by atoms with Gasteiger partial charge in [-0.2, -0.15) is 0 Å². The van der Waals surface area contributed by atoms with E-state index in [0.717, 1.165) is 21.2 Å². The van der Waals surface area contributed by atoms with Crippen molar-refractivity contribution in [2.45, 2.75) is 6.92 Å². The van der Waals surface area contributed by atoms with Crippen molar-refractivity contribution in [3.05, 3.63) is 51.8 Å². The van der Waals surface area contributed by atoms with Gasteiger partial charge in [0.1, 0.15) is 5.75 Å². The summed E-state index contributed by atoms with van der Waals surface area (Å²) in [5, 5.41) is 13.3. The summed E-state index contributed by atoms with van der Waals surface area (Å²) in [5.41, 5.74) is 3.15. The average molecular weight is 319 g/mol. The molecule has 0 aliphatic rings. The highest BCUT2D eigenvalue weighted by Gasteiger charge is 2.10. The summed E-state index contributed by atoms with van der Waals surface area (Å²) in [6.07, 6.45) is 0. The molecule has 1 heterocycles. The number of thiophene rings is 1. The third kappa shape index (κ3) is 1.93.